The van der Waals surface area contributed by atoms with Crippen LogP contribution in [0.4, 0.5) is 5.82 Å². The molecule has 2 aromatic heterocycles. The number of piperazine rings is 1. The fourth-order valence-electron chi connectivity index (χ4n) is 4.81. The highest BCUT2D eigenvalue weighted by Crippen LogP contribution is 2.29. The van der Waals surface area contributed by atoms with Crippen LogP contribution in [-0.2, 0) is 6.54 Å². The van der Waals surface area contributed by atoms with Crippen molar-refractivity contribution < 1.29 is 4.79 Å². The molecule has 172 valence electrons. The van der Waals surface area contributed by atoms with E-state index in [4.69, 9.17) is 23.2 Å². The van der Waals surface area contributed by atoms with Crippen molar-refractivity contribution >= 4 is 34.9 Å². The monoisotopic (exact) mass is 476 g/mol. The molecule has 2 fully saturated rings. The fraction of sp³-hybridized carbons (Fsp3) is 0.522. The topological polar surface area (TPSA) is 64.6 Å². The Morgan fingerprint density at radius 1 is 1.12 bits per heavy atom. The third-order valence-corrected chi connectivity index (χ3v) is 7.01. The van der Waals surface area contributed by atoms with E-state index in [2.05, 4.69) is 43.0 Å². The van der Waals surface area contributed by atoms with Gasteiger partial charge in [0.2, 0.25) is 0 Å². The number of carbonyl (C=O) groups is 1. The third-order valence-electron chi connectivity index (χ3n) is 6.51. The lowest BCUT2D eigenvalue weighted by Gasteiger charge is -2.47. The van der Waals surface area contributed by atoms with Crippen LogP contribution in [0.3, 0.4) is 0 Å². The van der Waals surface area contributed by atoms with Crippen molar-refractivity contribution in [2.24, 2.45) is 0 Å². The van der Waals surface area contributed by atoms with Gasteiger partial charge < -0.3 is 10.2 Å². The Morgan fingerprint density at radius 2 is 1.91 bits per heavy atom. The lowest BCUT2D eigenvalue weighted by molar-refractivity contribution is 0.0690. The van der Waals surface area contributed by atoms with Crippen molar-refractivity contribution in [2.45, 2.75) is 38.4 Å². The Balaban J connectivity index is 1.30. The molecule has 0 unspecified atom stereocenters. The van der Waals surface area contributed by atoms with E-state index in [9.17, 15) is 4.79 Å². The second-order valence-corrected chi connectivity index (χ2v) is 9.43. The number of carbonyl (C=O) groups excluding carboxylic acids is 1. The van der Waals surface area contributed by atoms with Crippen molar-refractivity contribution in [1.82, 2.24) is 25.1 Å². The quantitative estimate of drug-likeness (QED) is 0.667. The van der Waals surface area contributed by atoms with Crippen molar-refractivity contribution in [3.63, 3.8) is 0 Å². The number of halogens is 2. The minimum Gasteiger partial charge on any atom is -0.355 e. The number of rotatable bonds is 5. The lowest BCUT2D eigenvalue weighted by atomic mass is 9.99. The van der Waals surface area contributed by atoms with Crippen molar-refractivity contribution in [2.75, 3.05) is 44.7 Å². The maximum atomic E-state index is 11.8. The summed E-state index contributed by atoms with van der Waals surface area (Å²) >= 11 is 12.4. The molecule has 0 saturated carbocycles. The maximum absolute atomic E-state index is 11.8. The average Bonchev–Trinajstić information content (AvgIpc) is 2.80. The number of nitrogens with zero attached hydrogens (tertiary/aromatic N) is 5. The van der Waals surface area contributed by atoms with E-state index in [0.717, 1.165) is 45.1 Å². The molecule has 1 N–H and O–H groups in total. The van der Waals surface area contributed by atoms with Crippen LogP contribution in [0.2, 0.25) is 10.2 Å². The molecule has 0 spiro atoms. The van der Waals surface area contributed by atoms with Crippen LogP contribution in [0.5, 0.6) is 0 Å². The van der Waals surface area contributed by atoms with Crippen LogP contribution in [0.25, 0.3) is 0 Å². The molecule has 9 heteroatoms. The fourth-order valence-corrected chi connectivity index (χ4v) is 5.20. The Kier molecular flexibility index (Phi) is 7.51. The molecule has 0 radical (unpaired) electrons. The summed E-state index contributed by atoms with van der Waals surface area (Å²) in [5, 5.41) is 3.67. The molecule has 0 aromatic carbocycles. The first-order valence-corrected chi connectivity index (χ1v) is 11.9. The molecule has 4 heterocycles. The Morgan fingerprint density at radius 3 is 2.53 bits per heavy atom. The molecule has 1 amide bonds. The summed E-state index contributed by atoms with van der Waals surface area (Å²) in [4.78, 5) is 27.9. The van der Waals surface area contributed by atoms with Gasteiger partial charge in [0.25, 0.3) is 5.91 Å². The highest BCUT2D eigenvalue weighted by molar-refractivity contribution is 6.33. The predicted octanol–water partition coefficient (Wildman–Crippen LogP) is 3.32. The minimum absolute atomic E-state index is 0.178. The van der Waals surface area contributed by atoms with Gasteiger partial charge in [0, 0.05) is 57.7 Å². The van der Waals surface area contributed by atoms with Crippen molar-refractivity contribution in [1.29, 1.82) is 0 Å². The van der Waals surface area contributed by atoms with E-state index in [1.165, 1.54) is 18.4 Å². The molecule has 2 aromatic rings. The van der Waals surface area contributed by atoms with Gasteiger partial charge in [-0.3, -0.25) is 14.6 Å². The predicted molar refractivity (Wildman–Crippen MR) is 129 cm³/mol. The molecule has 32 heavy (non-hydrogen) atoms. The van der Waals surface area contributed by atoms with Crippen LogP contribution in [0, 0.1) is 0 Å². The second-order valence-electron chi connectivity index (χ2n) is 8.64. The second kappa shape index (κ2) is 10.3. The minimum atomic E-state index is -0.178. The van der Waals surface area contributed by atoms with Crippen LogP contribution in [-0.4, -0.2) is 77.5 Å². The standard InChI is InChI=1S/C23H30Cl2N6O/c1-16-14-30(22-20(24)11-18(13-28-22)23(32)26-2)9-10-31(16)19-5-7-29(8-6-19)15-17-3-4-21(25)27-12-17/h3-4,11-13,16,19H,5-10,14-15H2,1-2H3,(H,26,32)/t16-/m0/s1. The first kappa shape index (κ1) is 23.2. The molecular weight excluding hydrogens is 447 g/mol. The number of pyridine rings is 2. The average molecular weight is 477 g/mol. The van der Waals surface area contributed by atoms with Gasteiger partial charge in [-0.15, -0.1) is 0 Å². The molecule has 1 atom stereocenters. The first-order valence-electron chi connectivity index (χ1n) is 11.2. The van der Waals surface area contributed by atoms with Gasteiger partial charge in [-0.25, -0.2) is 9.97 Å². The van der Waals surface area contributed by atoms with Gasteiger partial charge in [-0.2, -0.15) is 0 Å². The van der Waals surface area contributed by atoms with Gasteiger partial charge in [0.1, 0.15) is 11.0 Å². The summed E-state index contributed by atoms with van der Waals surface area (Å²) in [6, 6.07) is 6.63. The van der Waals surface area contributed by atoms with Crippen LogP contribution >= 0.6 is 23.2 Å². The SMILES string of the molecule is CNC(=O)c1cnc(N2CCN(C3CCN(Cc4ccc(Cl)nc4)CC3)[C@@H](C)C2)c(Cl)c1. The number of hydrogen-bond donors (Lipinski definition) is 1. The van der Waals surface area contributed by atoms with Crippen LogP contribution < -0.4 is 10.2 Å². The summed E-state index contributed by atoms with van der Waals surface area (Å²) in [6.07, 6.45) is 5.81. The van der Waals surface area contributed by atoms with Gasteiger partial charge in [-0.05, 0) is 50.6 Å². The molecule has 0 aliphatic carbocycles. The summed E-state index contributed by atoms with van der Waals surface area (Å²) in [7, 11) is 1.60. The zero-order valence-electron chi connectivity index (χ0n) is 18.6. The smallest absolute Gasteiger partial charge is 0.252 e. The van der Waals surface area contributed by atoms with Gasteiger partial charge in [0.15, 0.2) is 0 Å². The van der Waals surface area contributed by atoms with E-state index in [-0.39, 0.29) is 5.91 Å². The first-order chi connectivity index (χ1) is 15.4. The Labute approximate surface area is 199 Å². The number of nitrogens with one attached hydrogen (secondary N) is 1. The summed E-state index contributed by atoms with van der Waals surface area (Å²) in [5.74, 6) is 0.583. The summed E-state index contributed by atoms with van der Waals surface area (Å²) < 4.78 is 0. The third kappa shape index (κ3) is 5.34. The van der Waals surface area contributed by atoms with Crippen LogP contribution in [0.1, 0.15) is 35.7 Å². The zero-order valence-corrected chi connectivity index (χ0v) is 20.1. The van der Waals surface area contributed by atoms with E-state index in [1.807, 2.05) is 12.3 Å². The zero-order chi connectivity index (χ0) is 22.7. The van der Waals surface area contributed by atoms with Gasteiger partial charge >= 0.3 is 0 Å². The van der Waals surface area contributed by atoms with Gasteiger partial charge in [0.05, 0.1) is 10.6 Å². The number of amides is 1. The molecule has 0 bridgehead atoms. The summed E-state index contributed by atoms with van der Waals surface area (Å²) in [6.45, 7) is 8.14. The van der Waals surface area contributed by atoms with Crippen molar-refractivity contribution in [3.8, 4) is 0 Å². The largest absolute Gasteiger partial charge is 0.355 e. The van der Waals surface area contributed by atoms with Crippen LogP contribution in [0.15, 0.2) is 30.6 Å². The molecular formula is C23H30Cl2N6O. The molecule has 7 nitrogen and oxygen atoms in total. The maximum Gasteiger partial charge on any atom is 0.252 e. The van der Waals surface area contributed by atoms with E-state index >= 15 is 0 Å². The normalized spacial score (nSPS) is 21.0. The number of likely N-dealkylation sites (tertiary alicyclic amines) is 1. The van der Waals surface area contributed by atoms with E-state index in [1.54, 1.807) is 19.3 Å². The highest BCUT2D eigenvalue weighted by Gasteiger charge is 2.32. The Hall–Kier alpha value is -1.93. The highest BCUT2D eigenvalue weighted by atomic mass is 35.5. The number of piperidine rings is 1. The van der Waals surface area contributed by atoms with Gasteiger partial charge in [-0.1, -0.05) is 29.3 Å². The molecule has 2 saturated heterocycles. The lowest BCUT2D eigenvalue weighted by Crippen LogP contribution is -2.57. The number of aromatic nitrogens is 2. The van der Waals surface area contributed by atoms with E-state index in [0.29, 0.717) is 27.8 Å². The molecule has 2 aliphatic rings. The molecule has 4 rings (SSSR count). The van der Waals surface area contributed by atoms with E-state index < -0.39 is 0 Å². The Bertz CT molecular complexity index is 933. The van der Waals surface area contributed by atoms with Crippen molar-refractivity contribution in [3.05, 3.63) is 51.9 Å². The summed E-state index contributed by atoms with van der Waals surface area (Å²) in [5.41, 5.74) is 1.69. The number of hydrogen-bond acceptors (Lipinski definition) is 6. The number of anilines is 1. The molecule has 2 aliphatic heterocycles.